The number of hydroxylamine groups is 2. The predicted octanol–water partition coefficient (Wildman–Crippen LogP) is 2.23. The molecular formula is C28H38N8O6S2. The van der Waals surface area contributed by atoms with E-state index in [4.69, 9.17) is 34.9 Å². The average molecular weight is 647 g/mol. The molecule has 0 radical (unpaired) electrons. The van der Waals surface area contributed by atoms with Crippen molar-refractivity contribution in [1.82, 2.24) is 20.7 Å². The summed E-state index contributed by atoms with van der Waals surface area (Å²) in [5.41, 5.74) is 13.0. The number of β-lactam (4-membered cyclic amide) rings is 1. The van der Waals surface area contributed by atoms with Crippen molar-refractivity contribution in [3.63, 3.8) is 0 Å². The van der Waals surface area contributed by atoms with E-state index in [0.717, 1.165) is 64.9 Å². The minimum Gasteiger partial charge on any atom is -0.486 e. The summed E-state index contributed by atoms with van der Waals surface area (Å²) >= 11 is 1.20. The molecule has 238 valence electrons. The molecule has 1 aromatic heterocycles. The monoisotopic (exact) mass is 646 g/mol. The van der Waals surface area contributed by atoms with Gasteiger partial charge in [-0.15, -0.1) is 11.3 Å². The molecule has 0 spiro atoms. The molecule has 4 heterocycles. The standard InChI is InChI=1S/C28H38N8O6S2/c1-14(29)5-8-18-12-31-24(32-18)17-7-10-21-16(11-17)6-9-20(40-21)15(2)41-35-22(19-13-43-27(30)33-19)25(37)34-23-26(38)36(42-44-39)28(23,3)4/h7,10-11,13-15,18,20,23,39H,5-6,8-9,12,29H2,1-4H3,(H2,30,33)(H,31,32)(H,34,37)/b35-22-. The van der Waals surface area contributed by atoms with Gasteiger partial charge >= 0.3 is 0 Å². The molecule has 1 aromatic carbocycles. The lowest BCUT2D eigenvalue weighted by atomic mass is 9.84. The molecule has 3 aliphatic heterocycles. The van der Waals surface area contributed by atoms with Crippen LogP contribution < -0.4 is 26.8 Å². The highest BCUT2D eigenvalue weighted by Gasteiger charge is 2.57. The minimum atomic E-state index is -0.922. The van der Waals surface area contributed by atoms with E-state index in [1.165, 1.54) is 0 Å². The summed E-state index contributed by atoms with van der Waals surface area (Å²) in [7, 11) is 0. The van der Waals surface area contributed by atoms with Crippen LogP contribution in [0.5, 0.6) is 5.75 Å². The molecule has 2 aromatic rings. The maximum Gasteiger partial charge on any atom is 0.276 e. The third kappa shape index (κ3) is 6.78. The number of amidine groups is 1. The molecule has 0 aliphatic carbocycles. The summed E-state index contributed by atoms with van der Waals surface area (Å²) in [6.45, 7) is 7.95. The summed E-state index contributed by atoms with van der Waals surface area (Å²) < 4.78 is 20.1. The van der Waals surface area contributed by atoms with E-state index in [9.17, 15) is 9.59 Å². The number of nitrogens with two attached hydrogens (primary N) is 2. The van der Waals surface area contributed by atoms with Crippen molar-refractivity contribution in [3.05, 3.63) is 40.4 Å². The number of amides is 2. The molecule has 16 heteroatoms. The Morgan fingerprint density at radius 3 is 2.89 bits per heavy atom. The lowest BCUT2D eigenvalue weighted by Crippen LogP contribution is -2.76. The number of fused-ring (bicyclic) bond motifs is 1. The quantitative estimate of drug-likeness (QED) is 0.0981. The van der Waals surface area contributed by atoms with Gasteiger partial charge in [0.1, 0.15) is 29.4 Å². The lowest BCUT2D eigenvalue weighted by Gasteiger charge is -2.50. The van der Waals surface area contributed by atoms with Gasteiger partial charge in [-0.25, -0.2) is 4.98 Å². The zero-order valence-corrected chi connectivity index (χ0v) is 26.6. The first kappa shape index (κ1) is 32.0. The van der Waals surface area contributed by atoms with Gasteiger partial charge in [-0.3, -0.25) is 14.6 Å². The molecule has 2 amide bonds. The molecule has 0 bridgehead atoms. The van der Waals surface area contributed by atoms with E-state index in [1.807, 2.05) is 26.0 Å². The van der Waals surface area contributed by atoms with E-state index in [1.54, 1.807) is 19.2 Å². The number of oxime groups is 1. The highest BCUT2D eigenvalue weighted by molar-refractivity contribution is 7.88. The second-order valence-electron chi connectivity index (χ2n) is 11.8. The van der Waals surface area contributed by atoms with Gasteiger partial charge in [0.2, 0.25) is 0 Å². The first-order chi connectivity index (χ1) is 21.0. The van der Waals surface area contributed by atoms with E-state index >= 15 is 0 Å². The Hall–Kier alpha value is -3.44. The predicted molar refractivity (Wildman–Crippen MR) is 168 cm³/mol. The Labute approximate surface area is 264 Å². The summed E-state index contributed by atoms with van der Waals surface area (Å²) in [5.74, 6) is 0.463. The van der Waals surface area contributed by atoms with Crippen molar-refractivity contribution in [1.29, 1.82) is 0 Å². The Morgan fingerprint density at radius 2 is 2.20 bits per heavy atom. The van der Waals surface area contributed by atoms with Gasteiger partial charge in [-0.1, -0.05) is 5.16 Å². The van der Waals surface area contributed by atoms with E-state index < -0.39 is 29.5 Å². The molecule has 3 aliphatic rings. The van der Waals surface area contributed by atoms with Crippen LogP contribution in [0.3, 0.4) is 0 Å². The fourth-order valence-corrected chi connectivity index (χ4v) is 6.22. The smallest absolute Gasteiger partial charge is 0.276 e. The number of rotatable bonds is 12. The molecule has 1 fully saturated rings. The van der Waals surface area contributed by atoms with Gasteiger partial charge in [0.15, 0.2) is 29.3 Å². The number of benzene rings is 1. The maximum absolute atomic E-state index is 13.3. The van der Waals surface area contributed by atoms with Crippen molar-refractivity contribution in [2.75, 3.05) is 12.3 Å². The van der Waals surface area contributed by atoms with Crippen LogP contribution in [0.25, 0.3) is 0 Å². The van der Waals surface area contributed by atoms with Crippen molar-refractivity contribution in [2.45, 2.75) is 89.3 Å². The number of ether oxygens (including phenoxy) is 1. The molecule has 5 unspecified atom stereocenters. The third-order valence-electron chi connectivity index (χ3n) is 7.97. The van der Waals surface area contributed by atoms with E-state index in [2.05, 4.69) is 26.8 Å². The van der Waals surface area contributed by atoms with Crippen LogP contribution in [0.4, 0.5) is 5.13 Å². The highest BCUT2D eigenvalue weighted by atomic mass is 32.2. The van der Waals surface area contributed by atoms with Crippen molar-refractivity contribution in [2.24, 2.45) is 15.9 Å². The van der Waals surface area contributed by atoms with Gasteiger partial charge in [0, 0.05) is 23.0 Å². The molecule has 14 nitrogen and oxygen atoms in total. The summed E-state index contributed by atoms with van der Waals surface area (Å²) in [4.78, 5) is 40.5. The van der Waals surface area contributed by atoms with Crippen LogP contribution in [-0.4, -0.2) is 80.4 Å². The van der Waals surface area contributed by atoms with Gasteiger partial charge < -0.3 is 36.2 Å². The van der Waals surface area contributed by atoms with E-state index in [0.29, 0.717) is 12.5 Å². The normalized spacial score (nSPS) is 23.9. The Bertz CT molecular complexity index is 1450. The maximum atomic E-state index is 13.3. The number of aromatic nitrogens is 1. The average Bonchev–Trinajstić information content (AvgIpc) is 3.66. The fraction of sp³-hybridized carbons (Fsp3) is 0.536. The molecule has 0 saturated carbocycles. The number of nitrogen functional groups attached to an aromatic ring is 1. The summed E-state index contributed by atoms with van der Waals surface area (Å²) in [6.07, 6.45) is 2.55. The minimum absolute atomic E-state index is 0.0503. The first-order valence-corrected chi connectivity index (χ1v) is 16.0. The number of carbonyl (C=O) groups excluding carboxylic acids is 2. The first-order valence-electron chi connectivity index (χ1n) is 14.4. The zero-order valence-electron chi connectivity index (χ0n) is 25.0. The number of aliphatic imine (C=N–C) groups is 1. The number of hydrogen-bond acceptors (Lipinski definition) is 14. The third-order valence-corrected chi connectivity index (χ3v) is 8.85. The van der Waals surface area contributed by atoms with Crippen LogP contribution in [0.2, 0.25) is 0 Å². The number of carbonyl (C=O) groups is 2. The topological polar surface area (TPSA) is 199 Å². The Morgan fingerprint density at radius 1 is 1.41 bits per heavy atom. The lowest BCUT2D eigenvalue weighted by molar-refractivity contribution is -0.214. The largest absolute Gasteiger partial charge is 0.486 e. The van der Waals surface area contributed by atoms with Crippen LogP contribution >= 0.6 is 23.7 Å². The fourth-order valence-electron chi connectivity index (χ4n) is 5.34. The van der Waals surface area contributed by atoms with Crippen molar-refractivity contribution in [3.8, 4) is 5.75 Å². The molecule has 1 saturated heterocycles. The number of anilines is 1. The summed E-state index contributed by atoms with van der Waals surface area (Å²) in [6, 6.07) is 5.60. The van der Waals surface area contributed by atoms with E-state index in [-0.39, 0.29) is 41.0 Å². The van der Waals surface area contributed by atoms with Crippen LogP contribution in [0.1, 0.15) is 63.8 Å². The zero-order chi connectivity index (χ0) is 31.6. The van der Waals surface area contributed by atoms with Crippen molar-refractivity contribution >= 4 is 52.2 Å². The van der Waals surface area contributed by atoms with Gasteiger partial charge in [0.25, 0.3) is 11.8 Å². The van der Waals surface area contributed by atoms with Crippen LogP contribution in [-0.2, 0) is 25.1 Å². The Kier molecular flexibility index (Phi) is 9.65. The Balaban J connectivity index is 1.22. The van der Waals surface area contributed by atoms with Crippen LogP contribution in [0, 0.1) is 0 Å². The SMILES string of the molecule is CC(N)CCC1CN=C(c2ccc3c(c2)CCC(C(C)O/N=C(\C(=O)NC2C(=O)N(OSO)C2(C)C)c2csc(N)n2)O3)N1. The van der Waals surface area contributed by atoms with Crippen LogP contribution in [0.15, 0.2) is 33.7 Å². The summed E-state index contributed by atoms with van der Waals surface area (Å²) in [5, 5.41) is 13.2. The number of nitrogens with one attached hydrogen (secondary N) is 2. The second-order valence-corrected chi connectivity index (χ2v) is 13.0. The molecule has 44 heavy (non-hydrogen) atoms. The van der Waals surface area contributed by atoms with Gasteiger partial charge in [0.05, 0.1) is 12.1 Å². The van der Waals surface area contributed by atoms with Crippen molar-refractivity contribution < 1.29 is 28.0 Å². The molecular weight excluding hydrogens is 608 g/mol. The number of aryl methyl sites for hydroxylation is 1. The van der Waals surface area contributed by atoms with Gasteiger partial charge in [-0.05, 0) is 77.1 Å². The molecule has 5 atom stereocenters. The second kappa shape index (κ2) is 13.3. The van der Waals surface area contributed by atoms with Gasteiger partial charge in [-0.2, -0.15) is 9.35 Å². The number of thiazole rings is 1. The molecule has 7 N–H and O–H groups in total. The highest BCUT2D eigenvalue weighted by Crippen LogP contribution is 2.34. The number of hydrogen-bond donors (Lipinski definition) is 5. The number of nitrogens with zero attached hydrogens (tertiary/aromatic N) is 4. The molecule has 5 rings (SSSR count).